The van der Waals surface area contributed by atoms with Crippen LogP contribution in [0.4, 0.5) is 16.2 Å². The van der Waals surface area contributed by atoms with Gasteiger partial charge in [-0.3, -0.25) is 10.1 Å². The molecule has 0 spiro atoms. The second-order valence-corrected chi connectivity index (χ2v) is 5.55. The molecule has 0 heterocycles. The summed E-state index contributed by atoms with van der Waals surface area (Å²) in [5, 5.41) is 13.8. The number of benzene rings is 2. The number of anilines is 2. The molecule has 0 saturated heterocycles. The topological polar surface area (TPSA) is 78.4 Å². The average molecular weight is 326 g/mol. The molecule has 0 saturated carbocycles. The summed E-state index contributed by atoms with van der Waals surface area (Å²) in [4.78, 5) is 23.1. The first kappa shape index (κ1) is 17.5. The zero-order valence-electron chi connectivity index (χ0n) is 13.9. The van der Waals surface area contributed by atoms with Crippen LogP contribution >= 0.6 is 0 Å². The van der Waals surface area contributed by atoms with Gasteiger partial charge in [0, 0.05) is 16.9 Å². The van der Waals surface area contributed by atoms with Gasteiger partial charge in [0.1, 0.15) is 0 Å². The largest absolute Gasteiger partial charge is 0.465 e. The second kappa shape index (κ2) is 8.15. The van der Waals surface area contributed by atoms with Gasteiger partial charge in [0.25, 0.3) is 5.91 Å². The minimum Gasteiger partial charge on any atom is -0.465 e. The normalized spacial score (nSPS) is 10.2. The summed E-state index contributed by atoms with van der Waals surface area (Å²) in [6, 6.07) is 12.4. The molecule has 5 nitrogen and oxygen atoms in total. The summed E-state index contributed by atoms with van der Waals surface area (Å²) >= 11 is 0. The summed E-state index contributed by atoms with van der Waals surface area (Å²) in [5.41, 5.74) is 4.02. The van der Waals surface area contributed by atoms with Crippen LogP contribution in [0.1, 0.15) is 41.8 Å². The maximum absolute atomic E-state index is 12.4. The SMILES string of the molecule is CCCc1ccc(C(=O)Nc2cccc(NC(=O)O)c2)cc1CC. The molecule has 0 radical (unpaired) electrons. The molecule has 2 aromatic rings. The first-order valence-electron chi connectivity index (χ1n) is 8.06. The summed E-state index contributed by atoms with van der Waals surface area (Å²) in [7, 11) is 0. The highest BCUT2D eigenvalue weighted by atomic mass is 16.4. The van der Waals surface area contributed by atoms with E-state index >= 15 is 0 Å². The molecule has 0 fully saturated rings. The number of carbonyl (C=O) groups is 2. The number of amides is 2. The van der Waals surface area contributed by atoms with E-state index in [1.54, 1.807) is 24.3 Å². The zero-order valence-corrected chi connectivity index (χ0v) is 13.9. The van der Waals surface area contributed by atoms with E-state index in [1.807, 2.05) is 18.2 Å². The molecule has 0 aliphatic carbocycles. The third-order valence-corrected chi connectivity index (χ3v) is 3.74. The maximum Gasteiger partial charge on any atom is 0.409 e. The quantitative estimate of drug-likeness (QED) is 0.729. The minimum atomic E-state index is -1.14. The Morgan fingerprint density at radius 1 is 0.958 bits per heavy atom. The Hall–Kier alpha value is -2.82. The van der Waals surface area contributed by atoms with E-state index in [0.29, 0.717) is 16.9 Å². The first-order valence-corrected chi connectivity index (χ1v) is 8.06. The third-order valence-electron chi connectivity index (χ3n) is 3.74. The van der Waals surface area contributed by atoms with Crippen molar-refractivity contribution in [3.8, 4) is 0 Å². The van der Waals surface area contributed by atoms with Crippen molar-refractivity contribution in [1.29, 1.82) is 0 Å². The van der Waals surface area contributed by atoms with Gasteiger partial charge in [-0.2, -0.15) is 0 Å². The lowest BCUT2D eigenvalue weighted by molar-refractivity contribution is 0.102. The lowest BCUT2D eigenvalue weighted by Crippen LogP contribution is -2.13. The van der Waals surface area contributed by atoms with Gasteiger partial charge in [-0.25, -0.2) is 4.79 Å². The van der Waals surface area contributed by atoms with Crippen LogP contribution in [0.3, 0.4) is 0 Å². The van der Waals surface area contributed by atoms with Crippen molar-refractivity contribution in [1.82, 2.24) is 0 Å². The second-order valence-electron chi connectivity index (χ2n) is 5.55. The highest BCUT2D eigenvalue weighted by Crippen LogP contribution is 2.18. The van der Waals surface area contributed by atoms with E-state index in [1.165, 1.54) is 11.1 Å². The molecule has 0 atom stereocenters. The van der Waals surface area contributed by atoms with E-state index in [4.69, 9.17) is 5.11 Å². The van der Waals surface area contributed by atoms with Crippen molar-refractivity contribution in [3.63, 3.8) is 0 Å². The fraction of sp³-hybridized carbons (Fsp3) is 0.263. The summed E-state index contributed by atoms with van der Waals surface area (Å²) in [6.07, 6.45) is 1.82. The molecule has 0 bridgehead atoms. The van der Waals surface area contributed by atoms with Gasteiger partial charge in [0.15, 0.2) is 0 Å². The van der Waals surface area contributed by atoms with Crippen LogP contribution in [0.5, 0.6) is 0 Å². The molecule has 0 aliphatic rings. The van der Waals surface area contributed by atoms with Crippen LogP contribution < -0.4 is 10.6 Å². The van der Waals surface area contributed by atoms with Crippen molar-refractivity contribution in [3.05, 3.63) is 59.2 Å². The average Bonchev–Trinajstić information content (AvgIpc) is 2.55. The smallest absolute Gasteiger partial charge is 0.409 e. The predicted molar refractivity (Wildman–Crippen MR) is 95.9 cm³/mol. The molecule has 0 unspecified atom stereocenters. The van der Waals surface area contributed by atoms with Gasteiger partial charge >= 0.3 is 6.09 Å². The van der Waals surface area contributed by atoms with Crippen molar-refractivity contribution in [2.24, 2.45) is 0 Å². The van der Waals surface area contributed by atoms with Gasteiger partial charge < -0.3 is 10.4 Å². The number of aryl methyl sites for hydroxylation is 2. The first-order chi connectivity index (χ1) is 11.5. The zero-order chi connectivity index (χ0) is 17.5. The molecular weight excluding hydrogens is 304 g/mol. The molecule has 0 aromatic heterocycles. The van der Waals surface area contributed by atoms with Gasteiger partial charge in [-0.1, -0.05) is 32.4 Å². The fourth-order valence-corrected chi connectivity index (χ4v) is 2.61. The Morgan fingerprint density at radius 3 is 2.29 bits per heavy atom. The van der Waals surface area contributed by atoms with Crippen LogP contribution in [-0.4, -0.2) is 17.1 Å². The van der Waals surface area contributed by atoms with Gasteiger partial charge in [0.2, 0.25) is 0 Å². The minimum absolute atomic E-state index is 0.208. The highest BCUT2D eigenvalue weighted by Gasteiger charge is 2.10. The molecule has 2 aromatic carbocycles. The molecule has 2 amide bonds. The number of nitrogens with one attached hydrogen (secondary N) is 2. The van der Waals surface area contributed by atoms with Crippen LogP contribution in [0.25, 0.3) is 0 Å². The van der Waals surface area contributed by atoms with Gasteiger partial charge in [-0.05, 0) is 54.3 Å². The van der Waals surface area contributed by atoms with E-state index in [-0.39, 0.29) is 5.91 Å². The van der Waals surface area contributed by atoms with Crippen molar-refractivity contribution < 1.29 is 14.7 Å². The molecule has 24 heavy (non-hydrogen) atoms. The van der Waals surface area contributed by atoms with Crippen LogP contribution in [0.2, 0.25) is 0 Å². The van der Waals surface area contributed by atoms with E-state index in [2.05, 4.69) is 24.5 Å². The number of hydrogen-bond donors (Lipinski definition) is 3. The molecule has 3 N–H and O–H groups in total. The van der Waals surface area contributed by atoms with Crippen LogP contribution in [0, 0.1) is 0 Å². The Labute approximate surface area is 141 Å². The molecule has 2 rings (SSSR count). The van der Waals surface area contributed by atoms with Gasteiger partial charge in [-0.15, -0.1) is 0 Å². The summed E-state index contributed by atoms with van der Waals surface area (Å²) < 4.78 is 0. The number of carboxylic acid groups (broad SMARTS) is 1. The molecule has 126 valence electrons. The van der Waals surface area contributed by atoms with Crippen molar-refractivity contribution >= 4 is 23.4 Å². The number of hydrogen-bond acceptors (Lipinski definition) is 2. The fourth-order valence-electron chi connectivity index (χ4n) is 2.61. The molecule has 0 aliphatic heterocycles. The van der Waals surface area contributed by atoms with E-state index < -0.39 is 6.09 Å². The highest BCUT2D eigenvalue weighted by molar-refractivity contribution is 6.04. The lowest BCUT2D eigenvalue weighted by Gasteiger charge is -2.11. The Bertz CT molecular complexity index is 741. The number of rotatable bonds is 6. The van der Waals surface area contributed by atoms with Crippen molar-refractivity contribution in [2.75, 3.05) is 10.6 Å². The van der Waals surface area contributed by atoms with E-state index in [0.717, 1.165) is 19.3 Å². The Balaban J connectivity index is 2.16. The van der Waals surface area contributed by atoms with Gasteiger partial charge in [0.05, 0.1) is 0 Å². The van der Waals surface area contributed by atoms with Crippen molar-refractivity contribution in [2.45, 2.75) is 33.1 Å². The van der Waals surface area contributed by atoms with Crippen LogP contribution in [0.15, 0.2) is 42.5 Å². The van der Waals surface area contributed by atoms with Crippen LogP contribution in [-0.2, 0) is 12.8 Å². The lowest BCUT2D eigenvalue weighted by atomic mass is 9.98. The predicted octanol–water partition coefficient (Wildman–Crippen LogP) is 4.54. The molecule has 5 heteroatoms. The molecular formula is C19H22N2O3. The van der Waals surface area contributed by atoms with E-state index in [9.17, 15) is 9.59 Å². The number of carbonyl (C=O) groups excluding carboxylic acids is 1. The Morgan fingerprint density at radius 2 is 1.67 bits per heavy atom. The summed E-state index contributed by atoms with van der Waals surface area (Å²) in [6.45, 7) is 4.22. The maximum atomic E-state index is 12.4. The standard InChI is InChI=1S/C19H22N2O3/c1-3-6-14-9-10-15(11-13(14)4-2)18(22)20-16-7-5-8-17(12-16)21-19(23)24/h5,7-12,21H,3-4,6H2,1-2H3,(H,20,22)(H,23,24). The Kier molecular flexibility index (Phi) is 5.95. The monoisotopic (exact) mass is 326 g/mol. The summed E-state index contributed by atoms with van der Waals surface area (Å²) in [5.74, 6) is -0.208. The third kappa shape index (κ3) is 4.59.